The quantitative estimate of drug-likeness (QED) is 0.482. The number of aryl methyl sites for hydroxylation is 2. The van der Waals surface area contributed by atoms with Gasteiger partial charge >= 0.3 is 0 Å². The normalized spacial score (nSPS) is 11.5. The van der Waals surface area contributed by atoms with Gasteiger partial charge in [0.1, 0.15) is 23.2 Å². The molecule has 0 unspecified atom stereocenters. The lowest BCUT2D eigenvalue weighted by atomic mass is 10.1. The number of amides is 1. The molecular weight excluding hydrogens is 436 g/mol. The summed E-state index contributed by atoms with van der Waals surface area (Å²) >= 11 is 1.29. The largest absolute Gasteiger partial charge is 0.363 e. The molecule has 10 heteroatoms. The summed E-state index contributed by atoms with van der Waals surface area (Å²) < 4.78 is 28.3. The Morgan fingerprint density at radius 1 is 1.03 bits per heavy atom. The zero-order valence-electron chi connectivity index (χ0n) is 16.9. The standard InChI is InChI=1S/C21H18N4O4S2/c1-12-4-9-17(22-13(12)2)18-11-30-21(23-18)24-20(26)16-10-29-25-19(16)14-5-7-15(8-6-14)31(3,27)28/h4-11H,1-3H3,(H,23,24,26). The summed E-state index contributed by atoms with van der Waals surface area (Å²) in [7, 11) is -3.32. The molecule has 0 aliphatic rings. The van der Waals surface area contributed by atoms with Crippen LogP contribution in [-0.4, -0.2) is 35.7 Å². The molecule has 1 N–H and O–H groups in total. The molecule has 8 nitrogen and oxygen atoms in total. The molecular formula is C21H18N4O4S2. The fourth-order valence-corrected chi connectivity index (χ4v) is 4.18. The maximum Gasteiger partial charge on any atom is 0.263 e. The van der Waals surface area contributed by atoms with Gasteiger partial charge in [0, 0.05) is 22.9 Å². The number of pyridine rings is 1. The molecule has 0 atom stereocenters. The van der Waals surface area contributed by atoms with Crippen LogP contribution in [0, 0.1) is 13.8 Å². The highest BCUT2D eigenvalue weighted by atomic mass is 32.2. The van der Waals surface area contributed by atoms with Gasteiger partial charge in [0.05, 0.1) is 10.6 Å². The molecule has 1 amide bonds. The Morgan fingerprint density at radius 3 is 2.45 bits per heavy atom. The van der Waals surface area contributed by atoms with Crippen LogP contribution in [0.2, 0.25) is 0 Å². The predicted octanol–water partition coefficient (Wildman–Crippen LogP) is 4.13. The van der Waals surface area contributed by atoms with E-state index in [1.54, 1.807) is 12.1 Å². The summed E-state index contributed by atoms with van der Waals surface area (Å²) in [5, 5.41) is 8.89. The second kappa shape index (κ2) is 8.05. The van der Waals surface area contributed by atoms with Crippen LogP contribution in [-0.2, 0) is 9.84 Å². The molecule has 0 saturated heterocycles. The van der Waals surface area contributed by atoms with Crippen LogP contribution in [0.5, 0.6) is 0 Å². The van der Waals surface area contributed by atoms with Crippen molar-refractivity contribution < 1.29 is 17.7 Å². The third-order valence-electron chi connectivity index (χ3n) is 4.71. The highest BCUT2D eigenvalue weighted by Crippen LogP contribution is 2.27. The van der Waals surface area contributed by atoms with E-state index in [1.807, 2.05) is 31.4 Å². The van der Waals surface area contributed by atoms with Gasteiger partial charge in [0.25, 0.3) is 5.91 Å². The lowest BCUT2D eigenvalue weighted by molar-refractivity contribution is 0.102. The van der Waals surface area contributed by atoms with Crippen molar-refractivity contribution in [2.24, 2.45) is 0 Å². The zero-order valence-corrected chi connectivity index (χ0v) is 18.5. The van der Waals surface area contributed by atoms with Crippen molar-refractivity contribution in [2.45, 2.75) is 18.7 Å². The van der Waals surface area contributed by atoms with Gasteiger partial charge in [0.15, 0.2) is 15.0 Å². The Bertz CT molecular complexity index is 1370. The number of nitrogens with zero attached hydrogens (tertiary/aromatic N) is 3. The van der Waals surface area contributed by atoms with Crippen LogP contribution < -0.4 is 5.32 Å². The first kappa shape index (κ1) is 20.9. The number of benzene rings is 1. The maximum atomic E-state index is 12.8. The number of nitrogens with one attached hydrogen (secondary N) is 1. The first-order chi connectivity index (χ1) is 14.7. The number of rotatable bonds is 5. The van der Waals surface area contributed by atoms with E-state index in [9.17, 15) is 13.2 Å². The second-order valence-electron chi connectivity index (χ2n) is 6.96. The minimum atomic E-state index is -3.32. The highest BCUT2D eigenvalue weighted by molar-refractivity contribution is 7.90. The molecule has 31 heavy (non-hydrogen) atoms. The number of hydrogen-bond donors (Lipinski definition) is 1. The van der Waals surface area contributed by atoms with Crippen molar-refractivity contribution in [1.29, 1.82) is 0 Å². The molecule has 158 valence electrons. The van der Waals surface area contributed by atoms with Gasteiger partial charge in [-0.15, -0.1) is 11.3 Å². The van der Waals surface area contributed by atoms with E-state index in [0.29, 0.717) is 22.1 Å². The Morgan fingerprint density at radius 2 is 1.77 bits per heavy atom. The van der Waals surface area contributed by atoms with Crippen LogP contribution in [0.15, 0.2) is 57.5 Å². The number of carbonyl (C=O) groups is 1. The molecule has 4 rings (SSSR count). The van der Waals surface area contributed by atoms with Crippen LogP contribution in [0.1, 0.15) is 21.6 Å². The Balaban J connectivity index is 1.55. The van der Waals surface area contributed by atoms with Crippen molar-refractivity contribution in [3.63, 3.8) is 0 Å². The molecule has 4 aromatic rings. The first-order valence-electron chi connectivity index (χ1n) is 9.19. The number of aromatic nitrogens is 3. The van der Waals surface area contributed by atoms with Gasteiger partial charge < -0.3 is 4.52 Å². The van der Waals surface area contributed by atoms with Crippen molar-refractivity contribution in [3.05, 3.63) is 64.9 Å². The first-order valence-corrected chi connectivity index (χ1v) is 12.0. The predicted molar refractivity (Wildman–Crippen MR) is 118 cm³/mol. The topological polar surface area (TPSA) is 115 Å². The van der Waals surface area contributed by atoms with E-state index in [0.717, 1.165) is 23.2 Å². The SMILES string of the molecule is Cc1ccc(-c2csc(NC(=O)c3conc3-c3ccc(S(C)(=O)=O)cc3)n2)nc1C. The summed E-state index contributed by atoms with van der Waals surface area (Å²) in [6, 6.07) is 9.96. The van der Waals surface area contributed by atoms with E-state index in [4.69, 9.17) is 4.52 Å². The number of carbonyl (C=O) groups excluding carboxylic acids is 1. The van der Waals surface area contributed by atoms with Gasteiger partial charge in [-0.1, -0.05) is 23.4 Å². The minimum absolute atomic E-state index is 0.181. The molecule has 0 bridgehead atoms. The molecule has 0 fully saturated rings. The van der Waals surface area contributed by atoms with E-state index >= 15 is 0 Å². The fraction of sp³-hybridized carbons (Fsp3) is 0.143. The Hall–Kier alpha value is -3.37. The van der Waals surface area contributed by atoms with Crippen molar-refractivity contribution in [2.75, 3.05) is 11.6 Å². The number of anilines is 1. The Labute approximate surface area is 182 Å². The maximum absolute atomic E-state index is 12.8. The smallest absolute Gasteiger partial charge is 0.263 e. The van der Waals surface area contributed by atoms with Gasteiger partial charge in [-0.25, -0.2) is 13.4 Å². The number of hydrogen-bond acceptors (Lipinski definition) is 8. The average molecular weight is 455 g/mol. The lowest BCUT2D eigenvalue weighted by Crippen LogP contribution is -2.12. The van der Waals surface area contributed by atoms with Gasteiger partial charge in [0.2, 0.25) is 0 Å². The summed E-state index contributed by atoms with van der Waals surface area (Å²) in [5.41, 5.74) is 4.51. The Kier molecular flexibility index (Phi) is 5.42. The molecule has 0 radical (unpaired) electrons. The monoisotopic (exact) mass is 454 g/mol. The van der Waals surface area contributed by atoms with Gasteiger partial charge in [-0.3, -0.25) is 15.1 Å². The lowest BCUT2D eigenvalue weighted by Gasteiger charge is -2.03. The average Bonchev–Trinajstić information content (AvgIpc) is 3.39. The van der Waals surface area contributed by atoms with Crippen molar-refractivity contribution in [1.82, 2.24) is 15.1 Å². The molecule has 1 aromatic carbocycles. The molecule has 3 aromatic heterocycles. The van der Waals surface area contributed by atoms with E-state index in [2.05, 4.69) is 20.4 Å². The molecule has 0 aliphatic heterocycles. The van der Waals surface area contributed by atoms with Gasteiger partial charge in [-0.05, 0) is 37.6 Å². The molecule has 0 aliphatic carbocycles. The van der Waals surface area contributed by atoms with Crippen LogP contribution in [0.3, 0.4) is 0 Å². The summed E-state index contributed by atoms with van der Waals surface area (Å²) in [6.45, 7) is 3.92. The molecule has 0 saturated carbocycles. The van der Waals surface area contributed by atoms with Crippen LogP contribution in [0.25, 0.3) is 22.6 Å². The van der Waals surface area contributed by atoms with Crippen LogP contribution >= 0.6 is 11.3 Å². The minimum Gasteiger partial charge on any atom is -0.363 e. The highest BCUT2D eigenvalue weighted by Gasteiger charge is 2.20. The van der Waals surface area contributed by atoms with Crippen molar-refractivity contribution in [3.8, 4) is 22.6 Å². The zero-order chi connectivity index (χ0) is 22.2. The molecule has 0 spiro atoms. The van der Waals surface area contributed by atoms with E-state index in [1.165, 1.54) is 29.7 Å². The third-order valence-corrected chi connectivity index (χ3v) is 6.59. The summed E-state index contributed by atoms with van der Waals surface area (Å²) in [5.74, 6) is -0.433. The summed E-state index contributed by atoms with van der Waals surface area (Å²) in [6.07, 6.45) is 2.38. The number of thiazole rings is 1. The van der Waals surface area contributed by atoms with Crippen molar-refractivity contribution >= 4 is 32.2 Å². The number of sulfone groups is 1. The molecule has 3 heterocycles. The second-order valence-corrected chi connectivity index (χ2v) is 9.84. The summed E-state index contributed by atoms with van der Waals surface area (Å²) in [4.78, 5) is 21.9. The third kappa shape index (κ3) is 4.39. The van der Waals surface area contributed by atoms with E-state index < -0.39 is 15.7 Å². The van der Waals surface area contributed by atoms with Gasteiger partial charge in [-0.2, -0.15) is 0 Å². The fourth-order valence-electron chi connectivity index (χ4n) is 2.85. The van der Waals surface area contributed by atoms with Crippen LogP contribution in [0.4, 0.5) is 5.13 Å². The van der Waals surface area contributed by atoms with E-state index in [-0.39, 0.29) is 10.5 Å².